The van der Waals surface area contributed by atoms with Crippen molar-refractivity contribution in [2.45, 2.75) is 19.5 Å². The minimum absolute atomic E-state index is 0.166. The van der Waals surface area contributed by atoms with Gasteiger partial charge in [-0.2, -0.15) is 4.98 Å². The standard InChI is InChI=1S/C13H14FN3O/c14-10-4-2-1-3-9(10)7-17-6-5-11-12(8-17)18-13(15)16-11/h1-4H,5-8H2,(H2,15,16). The third kappa shape index (κ3) is 2.09. The maximum absolute atomic E-state index is 13.6. The van der Waals surface area contributed by atoms with Gasteiger partial charge in [0.2, 0.25) is 0 Å². The van der Waals surface area contributed by atoms with Crippen LogP contribution in [0.2, 0.25) is 0 Å². The molecule has 1 aliphatic rings. The van der Waals surface area contributed by atoms with Crippen LogP contribution in [-0.4, -0.2) is 16.4 Å². The van der Waals surface area contributed by atoms with E-state index < -0.39 is 0 Å². The fraction of sp³-hybridized carbons (Fsp3) is 0.308. The van der Waals surface area contributed by atoms with Crippen molar-refractivity contribution >= 4 is 6.01 Å². The molecule has 2 aromatic rings. The molecule has 1 aromatic heterocycles. The first kappa shape index (κ1) is 11.2. The smallest absolute Gasteiger partial charge is 0.292 e. The fourth-order valence-electron chi connectivity index (χ4n) is 2.27. The fourth-order valence-corrected chi connectivity index (χ4v) is 2.27. The Morgan fingerprint density at radius 3 is 3.06 bits per heavy atom. The molecule has 0 atom stereocenters. The van der Waals surface area contributed by atoms with E-state index >= 15 is 0 Å². The van der Waals surface area contributed by atoms with Crippen molar-refractivity contribution in [3.63, 3.8) is 0 Å². The third-order valence-corrected chi connectivity index (χ3v) is 3.18. The average Bonchev–Trinajstić information content (AvgIpc) is 2.71. The van der Waals surface area contributed by atoms with Gasteiger partial charge in [-0.1, -0.05) is 18.2 Å². The molecule has 0 saturated heterocycles. The summed E-state index contributed by atoms with van der Waals surface area (Å²) in [4.78, 5) is 6.25. The Balaban J connectivity index is 1.75. The van der Waals surface area contributed by atoms with E-state index in [0.29, 0.717) is 18.7 Å². The number of nitrogens with zero attached hydrogens (tertiary/aromatic N) is 2. The molecule has 0 fully saturated rings. The number of aromatic nitrogens is 1. The van der Waals surface area contributed by atoms with Crippen LogP contribution in [0.3, 0.4) is 0 Å². The maximum Gasteiger partial charge on any atom is 0.292 e. The SMILES string of the molecule is Nc1nc2c(o1)CN(Cc1ccccc1F)CC2. The lowest BCUT2D eigenvalue weighted by Crippen LogP contribution is -2.29. The van der Waals surface area contributed by atoms with Gasteiger partial charge in [0.25, 0.3) is 6.01 Å². The molecule has 1 aliphatic heterocycles. The number of fused-ring (bicyclic) bond motifs is 1. The highest BCUT2D eigenvalue weighted by Crippen LogP contribution is 2.22. The summed E-state index contributed by atoms with van der Waals surface area (Å²) in [7, 11) is 0. The van der Waals surface area contributed by atoms with E-state index in [4.69, 9.17) is 10.2 Å². The molecule has 0 bridgehead atoms. The predicted octanol–water partition coefficient (Wildman–Crippen LogP) is 1.95. The van der Waals surface area contributed by atoms with Gasteiger partial charge in [0.15, 0.2) is 0 Å². The minimum atomic E-state index is -0.166. The second-order valence-electron chi connectivity index (χ2n) is 4.47. The van der Waals surface area contributed by atoms with E-state index in [9.17, 15) is 4.39 Å². The Morgan fingerprint density at radius 2 is 2.22 bits per heavy atom. The van der Waals surface area contributed by atoms with Gasteiger partial charge in [-0.05, 0) is 6.07 Å². The first-order valence-electron chi connectivity index (χ1n) is 5.92. The molecule has 94 valence electrons. The van der Waals surface area contributed by atoms with Gasteiger partial charge in [0.05, 0.1) is 12.2 Å². The molecular weight excluding hydrogens is 233 g/mol. The van der Waals surface area contributed by atoms with Crippen LogP contribution < -0.4 is 5.73 Å². The lowest BCUT2D eigenvalue weighted by atomic mass is 10.1. The number of halogens is 1. The number of hydrogen-bond acceptors (Lipinski definition) is 4. The van der Waals surface area contributed by atoms with E-state index in [1.54, 1.807) is 12.1 Å². The third-order valence-electron chi connectivity index (χ3n) is 3.18. The molecule has 1 aromatic carbocycles. The maximum atomic E-state index is 13.6. The Bertz CT molecular complexity index is 567. The molecule has 0 spiro atoms. The zero-order valence-electron chi connectivity index (χ0n) is 9.90. The Labute approximate surface area is 104 Å². The van der Waals surface area contributed by atoms with Crippen LogP contribution >= 0.6 is 0 Å². The Morgan fingerprint density at radius 1 is 1.39 bits per heavy atom. The monoisotopic (exact) mass is 247 g/mol. The number of hydrogen-bond donors (Lipinski definition) is 1. The molecule has 0 amide bonds. The van der Waals surface area contributed by atoms with Crippen molar-refractivity contribution < 1.29 is 8.81 Å². The quantitative estimate of drug-likeness (QED) is 0.881. The summed E-state index contributed by atoms with van der Waals surface area (Å²) in [6, 6.07) is 7.05. The lowest BCUT2D eigenvalue weighted by Gasteiger charge is -2.25. The molecule has 2 heterocycles. The minimum Gasteiger partial charge on any atom is -0.427 e. The van der Waals surface area contributed by atoms with Crippen LogP contribution in [0.25, 0.3) is 0 Å². The van der Waals surface area contributed by atoms with Crippen LogP contribution in [0, 0.1) is 5.82 Å². The number of nitrogens with two attached hydrogens (primary N) is 1. The van der Waals surface area contributed by atoms with Gasteiger partial charge in [-0.3, -0.25) is 4.90 Å². The highest BCUT2D eigenvalue weighted by Gasteiger charge is 2.22. The van der Waals surface area contributed by atoms with Crippen LogP contribution in [0.5, 0.6) is 0 Å². The normalized spacial score (nSPS) is 15.6. The summed E-state index contributed by atoms with van der Waals surface area (Å²) in [5, 5.41) is 0. The van der Waals surface area contributed by atoms with Crippen LogP contribution in [0.1, 0.15) is 17.0 Å². The van der Waals surface area contributed by atoms with Gasteiger partial charge in [-0.15, -0.1) is 0 Å². The molecule has 0 saturated carbocycles. The van der Waals surface area contributed by atoms with E-state index in [2.05, 4.69) is 9.88 Å². The number of benzene rings is 1. The summed E-state index contributed by atoms with van der Waals surface area (Å²) in [5.41, 5.74) is 7.15. The number of rotatable bonds is 2. The number of nitrogen functional groups attached to an aromatic ring is 1. The van der Waals surface area contributed by atoms with Gasteiger partial charge < -0.3 is 10.2 Å². The molecule has 2 N–H and O–H groups in total. The zero-order valence-corrected chi connectivity index (χ0v) is 9.90. The number of oxazole rings is 1. The summed E-state index contributed by atoms with van der Waals surface area (Å²) in [6.07, 6.45) is 0.796. The lowest BCUT2D eigenvalue weighted by molar-refractivity contribution is 0.219. The topological polar surface area (TPSA) is 55.3 Å². The molecule has 0 unspecified atom stereocenters. The molecular formula is C13H14FN3O. The second kappa shape index (κ2) is 4.42. The molecule has 5 heteroatoms. The second-order valence-corrected chi connectivity index (χ2v) is 4.47. The highest BCUT2D eigenvalue weighted by molar-refractivity contribution is 5.23. The summed E-state index contributed by atoms with van der Waals surface area (Å²) in [5.74, 6) is 0.635. The average molecular weight is 247 g/mol. The van der Waals surface area contributed by atoms with E-state index in [1.165, 1.54) is 6.07 Å². The van der Waals surface area contributed by atoms with Gasteiger partial charge in [0, 0.05) is 25.1 Å². The summed E-state index contributed by atoms with van der Waals surface area (Å²) < 4.78 is 18.9. The Kier molecular flexibility index (Phi) is 2.76. The van der Waals surface area contributed by atoms with E-state index in [0.717, 1.165) is 24.4 Å². The predicted molar refractivity (Wildman–Crippen MR) is 65.1 cm³/mol. The zero-order chi connectivity index (χ0) is 12.5. The molecule has 0 radical (unpaired) electrons. The van der Waals surface area contributed by atoms with Crippen molar-refractivity contribution in [3.05, 3.63) is 47.1 Å². The molecule has 18 heavy (non-hydrogen) atoms. The van der Waals surface area contributed by atoms with Gasteiger partial charge in [0.1, 0.15) is 11.6 Å². The van der Waals surface area contributed by atoms with E-state index in [1.807, 2.05) is 6.07 Å². The Hall–Kier alpha value is -1.88. The van der Waals surface area contributed by atoms with Crippen LogP contribution in [-0.2, 0) is 19.5 Å². The van der Waals surface area contributed by atoms with Crippen LogP contribution in [0.15, 0.2) is 28.7 Å². The molecule has 4 nitrogen and oxygen atoms in total. The highest BCUT2D eigenvalue weighted by atomic mass is 19.1. The van der Waals surface area contributed by atoms with Crippen molar-refractivity contribution in [2.24, 2.45) is 0 Å². The van der Waals surface area contributed by atoms with Crippen molar-refractivity contribution in [1.82, 2.24) is 9.88 Å². The van der Waals surface area contributed by atoms with Crippen molar-refractivity contribution in [3.8, 4) is 0 Å². The van der Waals surface area contributed by atoms with Crippen molar-refractivity contribution in [2.75, 3.05) is 12.3 Å². The van der Waals surface area contributed by atoms with Gasteiger partial charge in [-0.25, -0.2) is 4.39 Å². The first-order chi connectivity index (χ1) is 8.72. The van der Waals surface area contributed by atoms with E-state index in [-0.39, 0.29) is 11.8 Å². The summed E-state index contributed by atoms with van der Waals surface area (Å²) in [6.45, 7) is 2.05. The number of anilines is 1. The van der Waals surface area contributed by atoms with Crippen LogP contribution in [0.4, 0.5) is 10.4 Å². The molecule has 0 aliphatic carbocycles. The van der Waals surface area contributed by atoms with Gasteiger partial charge >= 0.3 is 0 Å². The summed E-state index contributed by atoms with van der Waals surface area (Å²) >= 11 is 0. The molecule has 3 rings (SSSR count). The largest absolute Gasteiger partial charge is 0.427 e. The first-order valence-corrected chi connectivity index (χ1v) is 5.92. The van der Waals surface area contributed by atoms with Crippen molar-refractivity contribution in [1.29, 1.82) is 0 Å².